The van der Waals surface area contributed by atoms with Crippen LogP contribution in [0.4, 0.5) is 11.4 Å². The number of pyridine rings is 1. The minimum atomic E-state index is -0.455. The number of nitrogens with one attached hydrogen (secondary N) is 2. The van der Waals surface area contributed by atoms with Crippen molar-refractivity contribution in [2.24, 2.45) is 5.10 Å². The predicted octanol–water partition coefficient (Wildman–Crippen LogP) is 3.73. The largest absolute Gasteiger partial charge is 0.331 e. The van der Waals surface area contributed by atoms with Gasteiger partial charge in [0.05, 0.1) is 10.6 Å². The number of hydrogen-bond acceptors (Lipinski definition) is 5. The average molecular weight is 377 g/mol. The summed E-state index contributed by atoms with van der Waals surface area (Å²) in [5.41, 5.74) is 5.67. The SMILES string of the molecule is O=[N+]([O-])c1ccc(NC(=S)N/N=C(/c2ccccc2)c2ccccn2)cc1. The third-order valence-electron chi connectivity index (χ3n) is 3.56. The zero-order chi connectivity index (χ0) is 19.1. The van der Waals surface area contributed by atoms with Crippen LogP contribution >= 0.6 is 12.2 Å². The summed E-state index contributed by atoms with van der Waals surface area (Å²) in [6.45, 7) is 0. The second kappa shape index (κ2) is 8.63. The lowest BCUT2D eigenvalue weighted by Gasteiger charge is -2.10. The molecule has 0 spiro atoms. The lowest BCUT2D eigenvalue weighted by atomic mass is 10.1. The second-order valence-electron chi connectivity index (χ2n) is 5.41. The molecular weight excluding hydrogens is 362 g/mol. The van der Waals surface area contributed by atoms with Crippen LogP contribution in [0.1, 0.15) is 11.3 Å². The number of nitro benzene ring substituents is 1. The summed E-state index contributed by atoms with van der Waals surface area (Å²) in [5, 5.41) is 18.3. The molecule has 8 heteroatoms. The van der Waals surface area contributed by atoms with E-state index in [2.05, 4.69) is 20.8 Å². The van der Waals surface area contributed by atoms with Gasteiger partial charge in [0.25, 0.3) is 5.69 Å². The van der Waals surface area contributed by atoms with Crippen LogP contribution in [0, 0.1) is 10.1 Å². The van der Waals surface area contributed by atoms with E-state index in [1.54, 1.807) is 18.3 Å². The van der Waals surface area contributed by atoms with Gasteiger partial charge < -0.3 is 5.32 Å². The number of non-ortho nitro benzene ring substituents is 1. The van der Waals surface area contributed by atoms with Crippen LogP contribution in [0.3, 0.4) is 0 Å². The van der Waals surface area contributed by atoms with Crippen molar-refractivity contribution in [1.82, 2.24) is 10.4 Å². The number of nitro groups is 1. The van der Waals surface area contributed by atoms with E-state index in [1.165, 1.54) is 12.1 Å². The molecule has 0 fully saturated rings. The predicted molar refractivity (Wildman–Crippen MR) is 109 cm³/mol. The second-order valence-corrected chi connectivity index (χ2v) is 5.82. The summed E-state index contributed by atoms with van der Waals surface area (Å²) >= 11 is 5.26. The first kappa shape index (κ1) is 18.2. The molecule has 0 aliphatic rings. The van der Waals surface area contributed by atoms with Gasteiger partial charge in [-0.2, -0.15) is 5.10 Å². The number of hydrogen-bond donors (Lipinski definition) is 2. The smallest absolute Gasteiger partial charge is 0.269 e. The number of aromatic nitrogens is 1. The standard InChI is InChI=1S/C19H15N5O2S/c25-24(26)16-11-9-15(10-12-16)21-19(27)23-22-18(14-6-2-1-3-7-14)17-8-4-5-13-20-17/h1-13H,(H2,21,23,27)/b22-18-. The molecule has 0 atom stereocenters. The van der Waals surface area contributed by atoms with Crippen LogP contribution in [0.15, 0.2) is 84.1 Å². The van der Waals surface area contributed by atoms with E-state index in [0.29, 0.717) is 17.1 Å². The van der Waals surface area contributed by atoms with E-state index in [0.717, 1.165) is 5.56 Å². The molecular formula is C19H15N5O2S. The van der Waals surface area contributed by atoms with Crippen LogP contribution in [0.25, 0.3) is 0 Å². The summed E-state index contributed by atoms with van der Waals surface area (Å²) < 4.78 is 0. The van der Waals surface area contributed by atoms with E-state index in [-0.39, 0.29) is 10.8 Å². The fourth-order valence-corrected chi connectivity index (χ4v) is 2.46. The van der Waals surface area contributed by atoms with E-state index >= 15 is 0 Å². The van der Waals surface area contributed by atoms with E-state index < -0.39 is 4.92 Å². The summed E-state index contributed by atoms with van der Waals surface area (Å²) in [7, 11) is 0. The number of nitrogens with zero attached hydrogens (tertiary/aromatic N) is 3. The number of hydrazone groups is 1. The summed E-state index contributed by atoms with van der Waals surface area (Å²) in [5.74, 6) is 0. The molecule has 1 aromatic heterocycles. The molecule has 0 aliphatic heterocycles. The van der Waals surface area contributed by atoms with Crippen molar-refractivity contribution < 1.29 is 4.92 Å². The fraction of sp³-hybridized carbons (Fsp3) is 0. The molecule has 3 rings (SSSR count). The zero-order valence-corrected chi connectivity index (χ0v) is 14.9. The minimum Gasteiger partial charge on any atom is -0.331 e. The van der Waals surface area contributed by atoms with Crippen LogP contribution < -0.4 is 10.7 Å². The first-order chi connectivity index (χ1) is 13.1. The van der Waals surface area contributed by atoms with Crippen molar-refractivity contribution in [2.45, 2.75) is 0 Å². The molecule has 2 N–H and O–H groups in total. The Labute approximate surface area is 160 Å². The molecule has 0 saturated heterocycles. The summed E-state index contributed by atoms with van der Waals surface area (Å²) in [4.78, 5) is 14.6. The number of rotatable bonds is 5. The molecule has 0 amide bonds. The molecule has 1 heterocycles. The Morgan fingerprint density at radius 2 is 1.70 bits per heavy atom. The zero-order valence-electron chi connectivity index (χ0n) is 14.1. The highest BCUT2D eigenvalue weighted by molar-refractivity contribution is 7.80. The molecule has 0 unspecified atom stereocenters. The summed E-state index contributed by atoms with van der Waals surface area (Å²) in [6.07, 6.45) is 1.70. The van der Waals surface area contributed by atoms with Crippen molar-refractivity contribution in [3.8, 4) is 0 Å². The Kier molecular flexibility index (Phi) is 5.80. The Morgan fingerprint density at radius 3 is 2.33 bits per heavy atom. The molecule has 3 aromatic rings. The maximum Gasteiger partial charge on any atom is 0.269 e. The van der Waals surface area contributed by atoms with Gasteiger partial charge in [-0.15, -0.1) is 0 Å². The Morgan fingerprint density at radius 1 is 1.00 bits per heavy atom. The van der Waals surface area contributed by atoms with Crippen molar-refractivity contribution >= 4 is 34.4 Å². The molecule has 134 valence electrons. The molecule has 0 saturated carbocycles. The van der Waals surface area contributed by atoms with Gasteiger partial charge in [0.1, 0.15) is 5.71 Å². The Balaban J connectivity index is 1.76. The van der Waals surface area contributed by atoms with Gasteiger partial charge >= 0.3 is 0 Å². The Hall–Kier alpha value is -3.65. The van der Waals surface area contributed by atoms with Crippen molar-refractivity contribution in [3.63, 3.8) is 0 Å². The molecule has 27 heavy (non-hydrogen) atoms. The topological polar surface area (TPSA) is 92.5 Å². The van der Waals surface area contributed by atoms with E-state index in [4.69, 9.17) is 12.2 Å². The quantitative estimate of drug-likeness (QED) is 0.305. The van der Waals surface area contributed by atoms with Crippen LogP contribution in [-0.2, 0) is 0 Å². The van der Waals surface area contributed by atoms with Gasteiger partial charge in [0.15, 0.2) is 5.11 Å². The van der Waals surface area contributed by atoms with Crippen LogP contribution in [0.5, 0.6) is 0 Å². The number of anilines is 1. The fourth-order valence-electron chi connectivity index (χ4n) is 2.30. The third kappa shape index (κ3) is 4.93. The van der Waals surface area contributed by atoms with E-state index in [1.807, 2.05) is 48.5 Å². The first-order valence-corrected chi connectivity index (χ1v) is 8.40. The maximum atomic E-state index is 10.7. The average Bonchev–Trinajstić information content (AvgIpc) is 2.70. The molecule has 0 bridgehead atoms. The Bertz CT molecular complexity index is 919. The van der Waals surface area contributed by atoms with Crippen LogP contribution in [-0.4, -0.2) is 20.7 Å². The lowest BCUT2D eigenvalue weighted by Crippen LogP contribution is -2.25. The number of benzene rings is 2. The number of thiocarbonyl (C=S) groups is 1. The van der Waals surface area contributed by atoms with Crippen LogP contribution in [0.2, 0.25) is 0 Å². The lowest BCUT2D eigenvalue weighted by molar-refractivity contribution is -0.384. The van der Waals surface area contributed by atoms with Gasteiger partial charge in [-0.1, -0.05) is 36.4 Å². The van der Waals surface area contributed by atoms with Crippen molar-refractivity contribution in [1.29, 1.82) is 0 Å². The molecule has 0 aliphatic carbocycles. The monoisotopic (exact) mass is 377 g/mol. The molecule has 7 nitrogen and oxygen atoms in total. The van der Waals surface area contributed by atoms with Crippen molar-refractivity contribution in [3.05, 3.63) is 100 Å². The highest BCUT2D eigenvalue weighted by Crippen LogP contribution is 2.15. The highest BCUT2D eigenvalue weighted by atomic mass is 32.1. The van der Waals surface area contributed by atoms with Crippen molar-refractivity contribution in [2.75, 3.05) is 5.32 Å². The normalized spacial score (nSPS) is 10.9. The summed E-state index contributed by atoms with van der Waals surface area (Å²) in [6, 6.07) is 21.2. The minimum absolute atomic E-state index is 0.0129. The van der Waals surface area contributed by atoms with Gasteiger partial charge in [-0.25, -0.2) is 0 Å². The third-order valence-corrected chi connectivity index (χ3v) is 3.75. The molecule has 2 aromatic carbocycles. The molecule has 0 radical (unpaired) electrons. The van der Waals surface area contributed by atoms with Gasteiger partial charge in [0, 0.05) is 29.6 Å². The highest BCUT2D eigenvalue weighted by Gasteiger charge is 2.09. The van der Waals surface area contributed by atoms with Gasteiger partial charge in [-0.05, 0) is 36.5 Å². The first-order valence-electron chi connectivity index (χ1n) is 7.99. The maximum absolute atomic E-state index is 10.7. The van der Waals surface area contributed by atoms with Gasteiger partial charge in [-0.3, -0.25) is 20.5 Å². The van der Waals surface area contributed by atoms with Gasteiger partial charge in [0.2, 0.25) is 0 Å². The van der Waals surface area contributed by atoms with E-state index in [9.17, 15) is 10.1 Å².